The number of fused-ring (bicyclic) bond motifs is 1. The van der Waals surface area contributed by atoms with Gasteiger partial charge in [0.25, 0.3) is 5.91 Å². The Morgan fingerprint density at radius 2 is 2.04 bits per heavy atom. The molecule has 1 fully saturated rings. The van der Waals surface area contributed by atoms with Crippen molar-refractivity contribution in [2.45, 2.75) is 40.2 Å². The molecule has 0 aromatic carbocycles. The van der Waals surface area contributed by atoms with Crippen LogP contribution in [-0.2, 0) is 11.3 Å². The fourth-order valence-corrected chi connectivity index (χ4v) is 4.10. The number of amides is 2. The van der Waals surface area contributed by atoms with Crippen LogP contribution in [0.3, 0.4) is 0 Å². The largest absolute Gasteiger partial charge is 0.342 e. The quantitative estimate of drug-likeness (QED) is 0.902. The summed E-state index contributed by atoms with van der Waals surface area (Å²) in [7, 11) is 0. The molecule has 0 radical (unpaired) electrons. The van der Waals surface area contributed by atoms with Gasteiger partial charge in [-0.15, -0.1) is 11.3 Å². The van der Waals surface area contributed by atoms with Gasteiger partial charge in [0.2, 0.25) is 5.91 Å². The number of nitrogens with one attached hydrogen (secondary N) is 1. The van der Waals surface area contributed by atoms with Crippen LogP contribution in [0, 0.1) is 12.8 Å². The second-order valence-corrected chi connectivity index (χ2v) is 7.79. The maximum atomic E-state index is 12.4. The summed E-state index contributed by atoms with van der Waals surface area (Å²) in [5, 5.41) is 8.33. The van der Waals surface area contributed by atoms with Crippen LogP contribution in [0.2, 0.25) is 0 Å². The number of aromatic nitrogens is 2. The zero-order valence-corrected chi connectivity index (χ0v) is 15.3. The van der Waals surface area contributed by atoms with Crippen LogP contribution < -0.4 is 5.32 Å². The number of rotatable bonds is 5. The average molecular weight is 348 g/mol. The molecule has 2 aromatic heterocycles. The Morgan fingerprint density at radius 1 is 1.33 bits per heavy atom. The monoisotopic (exact) mass is 348 g/mol. The molecule has 0 saturated carbocycles. The lowest BCUT2D eigenvalue weighted by Gasteiger charge is -2.15. The zero-order valence-electron chi connectivity index (χ0n) is 14.5. The van der Waals surface area contributed by atoms with E-state index < -0.39 is 0 Å². The summed E-state index contributed by atoms with van der Waals surface area (Å²) >= 11 is 1.44. The lowest BCUT2D eigenvalue weighted by atomic mass is 10.2. The molecule has 0 bridgehead atoms. The van der Waals surface area contributed by atoms with Crippen LogP contribution in [0.5, 0.6) is 0 Å². The van der Waals surface area contributed by atoms with Crippen molar-refractivity contribution in [1.29, 1.82) is 0 Å². The number of carbonyl (C=O) groups excluding carboxylic acids is 2. The van der Waals surface area contributed by atoms with Crippen molar-refractivity contribution in [2.75, 3.05) is 19.6 Å². The summed E-state index contributed by atoms with van der Waals surface area (Å²) in [6.45, 7) is 8.78. The molecule has 130 valence electrons. The van der Waals surface area contributed by atoms with Gasteiger partial charge in [-0.05, 0) is 31.7 Å². The Labute approximate surface area is 145 Å². The maximum Gasteiger partial charge on any atom is 0.261 e. The third kappa shape index (κ3) is 3.45. The van der Waals surface area contributed by atoms with Crippen LogP contribution in [-0.4, -0.2) is 46.1 Å². The van der Waals surface area contributed by atoms with Crippen LogP contribution in [0.1, 0.15) is 42.1 Å². The van der Waals surface area contributed by atoms with E-state index in [-0.39, 0.29) is 18.4 Å². The van der Waals surface area contributed by atoms with E-state index in [0.717, 1.165) is 48.4 Å². The molecule has 0 unspecified atom stereocenters. The highest BCUT2D eigenvalue weighted by atomic mass is 32.1. The molecule has 2 aromatic rings. The molecule has 0 spiro atoms. The lowest BCUT2D eigenvalue weighted by Crippen LogP contribution is -2.38. The highest BCUT2D eigenvalue weighted by Gasteiger charge is 2.20. The van der Waals surface area contributed by atoms with E-state index in [0.29, 0.717) is 10.8 Å². The van der Waals surface area contributed by atoms with E-state index >= 15 is 0 Å². The van der Waals surface area contributed by atoms with Crippen LogP contribution in [0.15, 0.2) is 6.07 Å². The van der Waals surface area contributed by atoms with Gasteiger partial charge in [-0.1, -0.05) is 13.8 Å². The molecule has 6 nitrogen and oxygen atoms in total. The van der Waals surface area contributed by atoms with E-state index in [1.165, 1.54) is 11.3 Å². The van der Waals surface area contributed by atoms with Crippen LogP contribution in [0.25, 0.3) is 10.2 Å². The minimum Gasteiger partial charge on any atom is -0.342 e. The van der Waals surface area contributed by atoms with Gasteiger partial charge in [-0.3, -0.25) is 14.3 Å². The Kier molecular flexibility index (Phi) is 4.89. The maximum absolute atomic E-state index is 12.4. The Hall–Kier alpha value is -1.89. The number of likely N-dealkylation sites (tertiary alicyclic amines) is 1. The van der Waals surface area contributed by atoms with E-state index in [1.54, 1.807) is 0 Å². The summed E-state index contributed by atoms with van der Waals surface area (Å²) < 4.78 is 1.98. The number of hydrogen-bond acceptors (Lipinski definition) is 4. The number of carbonyl (C=O) groups is 2. The lowest BCUT2D eigenvalue weighted by molar-refractivity contribution is -0.129. The standard InChI is InChI=1S/C17H24N4O2S/c1-11(2)10-21-17-13(12(3)19-21)8-14(24-17)16(23)18-9-15(22)20-6-4-5-7-20/h8,11H,4-7,9-10H2,1-3H3,(H,18,23). The van der Waals surface area contributed by atoms with Crippen molar-refractivity contribution in [1.82, 2.24) is 20.0 Å². The van der Waals surface area contributed by atoms with Gasteiger partial charge in [0.15, 0.2) is 0 Å². The van der Waals surface area contributed by atoms with Gasteiger partial charge in [0, 0.05) is 25.0 Å². The predicted octanol–water partition coefficient (Wildman–Crippen LogP) is 2.41. The summed E-state index contributed by atoms with van der Waals surface area (Å²) in [5.74, 6) is 0.313. The molecule has 1 aliphatic heterocycles. The summed E-state index contributed by atoms with van der Waals surface area (Å²) in [6.07, 6.45) is 2.11. The molecule has 3 heterocycles. The Bertz CT molecular complexity index is 756. The summed E-state index contributed by atoms with van der Waals surface area (Å²) in [6, 6.07) is 1.88. The highest BCUT2D eigenvalue weighted by Crippen LogP contribution is 2.28. The average Bonchev–Trinajstić information content (AvgIpc) is 3.23. The smallest absolute Gasteiger partial charge is 0.261 e. The molecular formula is C17H24N4O2S. The molecule has 7 heteroatoms. The molecule has 2 amide bonds. The van der Waals surface area contributed by atoms with Gasteiger partial charge in [-0.25, -0.2) is 0 Å². The topological polar surface area (TPSA) is 67.2 Å². The highest BCUT2D eigenvalue weighted by molar-refractivity contribution is 7.20. The van der Waals surface area contributed by atoms with E-state index in [1.807, 2.05) is 22.6 Å². The van der Waals surface area contributed by atoms with Crippen LogP contribution >= 0.6 is 11.3 Å². The van der Waals surface area contributed by atoms with Crippen molar-refractivity contribution in [3.05, 3.63) is 16.6 Å². The number of thiophene rings is 1. The van der Waals surface area contributed by atoms with Crippen molar-refractivity contribution >= 4 is 33.4 Å². The minimum absolute atomic E-state index is 0.00382. The third-order valence-electron chi connectivity index (χ3n) is 4.23. The van der Waals surface area contributed by atoms with Gasteiger partial charge < -0.3 is 10.2 Å². The van der Waals surface area contributed by atoms with Crippen molar-refractivity contribution in [3.63, 3.8) is 0 Å². The van der Waals surface area contributed by atoms with Crippen molar-refractivity contribution in [2.24, 2.45) is 5.92 Å². The van der Waals surface area contributed by atoms with Crippen LogP contribution in [0.4, 0.5) is 0 Å². The fourth-order valence-electron chi connectivity index (χ4n) is 3.02. The number of aryl methyl sites for hydroxylation is 1. The van der Waals surface area contributed by atoms with Gasteiger partial charge in [0.05, 0.1) is 17.1 Å². The molecule has 1 aliphatic rings. The summed E-state index contributed by atoms with van der Waals surface area (Å²) in [4.78, 5) is 27.9. The van der Waals surface area contributed by atoms with Crippen molar-refractivity contribution in [3.8, 4) is 0 Å². The molecular weight excluding hydrogens is 324 g/mol. The normalized spacial score (nSPS) is 14.8. The van der Waals surface area contributed by atoms with E-state index in [9.17, 15) is 9.59 Å². The second kappa shape index (κ2) is 6.93. The molecule has 3 rings (SSSR count). The molecule has 1 N–H and O–H groups in total. The first-order chi connectivity index (χ1) is 11.5. The number of hydrogen-bond donors (Lipinski definition) is 1. The molecule has 24 heavy (non-hydrogen) atoms. The van der Waals surface area contributed by atoms with E-state index in [4.69, 9.17) is 0 Å². The first-order valence-corrected chi connectivity index (χ1v) is 9.30. The molecule has 0 aliphatic carbocycles. The minimum atomic E-state index is -0.181. The summed E-state index contributed by atoms with van der Waals surface area (Å²) in [5.41, 5.74) is 0.939. The first kappa shape index (κ1) is 17.0. The van der Waals surface area contributed by atoms with E-state index in [2.05, 4.69) is 24.3 Å². The van der Waals surface area contributed by atoms with Gasteiger partial charge in [0.1, 0.15) is 4.83 Å². The second-order valence-electron chi connectivity index (χ2n) is 6.76. The fraction of sp³-hybridized carbons (Fsp3) is 0.588. The van der Waals surface area contributed by atoms with Gasteiger partial charge >= 0.3 is 0 Å². The number of nitrogens with zero attached hydrogens (tertiary/aromatic N) is 3. The Morgan fingerprint density at radius 3 is 2.71 bits per heavy atom. The SMILES string of the molecule is Cc1nn(CC(C)C)c2sc(C(=O)NCC(=O)N3CCCC3)cc12. The third-order valence-corrected chi connectivity index (χ3v) is 5.38. The first-order valence-electron chi connectivity index (χ1n) is 8.48. The zero-order chi connectivity index (χ0) is 17.3. The van der Waals surface area contributed by atoms with Crippen molar-refractivity contribution < 1.29 is 9.59 Å². The predicted molar refractivity (Wildman–Crippen MR) is 95.3 cm³/mol. The Balaban J connectivity index is 1.69. The molecule has 1 saturated heterocycles. The van der Waals surface area contributed by atoms with Gasteiger partial charge in [-0.2, -0.15) is 5.10 Å². The molecule has 0 atom stereocenters.